The van der Waals surface area contributed by atoms with E-state index in [9.17, 15) is 13.2 Å². The first-order valence-electron chi connectivity index (χ1n) is 5.24. The molecule has 2 aromatic rings. The van der Waals surface area contributed by atoms with E-state index in [2.05, 4.69) is 15.2 Å². The van der Waals surface area contributed by atoms with Crippen LogP contribution in [0, 0.1) is 0 Å². The Morgan fingerprint density at radius 2 is 2.11 bits per heavy atom. The molecule has 4 nitrogen and oxygen atoms in total. The second-order valence-corrected chi connectivity index (χ2v) is 3.88. The average molecular weight is 256 g/mol. The normalized spacial score (nSPS) is 13.6. The first-order chi connectivity index (χ1) is 8.47. The third kappa shape index (κ3) is 2.86. The molecule has 1 unspecified atom stereocenters. The highest BCUT2D eigenvalue weighted by atomic mass is 19.4. The average Bonchev–Trinajstić information content (AvgIpc) is 2.81. The first-order valence-corrected chi connectivity index (χ1v) is 5.24. The van der Waals surface area contributed by atoms with Crippen molar-refractivity contribution in [3.05, 3.63) is 47.5 Å². The Labute approximate surface area is 101 Å². The number of H-pyrrole nitrogens is 1. The molecular formula is C11H11F3N4. The van der Waals surface area contributed by atoms with Crippen LogP contribution in [0.4, 0.5) is 13.2 Å². The van der Waals surface area contributed by atoms with E-state index in [1.807, 2.05) is 0 Å². The lowest BCUT2D eigenvalue weighted by Gasteiger charge is -2.11. The summed E-state index contributed by atoms with van der Waals surface area (Å²) in [5, 5.41) is 6.24. The van der Waals surface area contributed by atoms with Crippen molar-refractivity contribution in [2.45, 2.75) is 18.6 Å². The fourth-order valence-corrected chi connectivity index (χ4v) is 1.62. The summed E-state index contributed by atoms with van der Waals surface area (Å²) in [5.74, 6) is 0.451. The molecule has 0 fully saturated rings. The topological polar surface area (TPSA) is 67.6 Å². The molecule has 1 heterocycles. The molecule has 1 aromatic carbocycles. The molecule has 0 aliphatic heterocycles. The van der Waals surface area contributed by atoms with Gasteiger partial charge in [0.15, 0.2) is 0 Å². The molecule has 96 valence electrons. The Balaban J connectivity index is 2.15. The minimum absolute atomic E-state index is 0.263. The van der Waals surface area contributed by atoms with E-state index < -0.39 is 17.8 Å². The van der Waals surface area contributed by atoms with Crippen LogP contribution < -0.4 is 5.73 Å². The Morgan fingerprint density at radius 3 is 2.72 bits per heavy atom. The van der Waals surface area contributed by atoms with E-state index in [1.165, 1.54) is 12.4 Å². The SMILES string of the molecule is NC(Cc1cccc(C(F)(F)F)c1)c1ncn[nH]1. The molecule has 0 aliphatic rings. The number of halogens is 3. The van der Waals surface area contributed by atoms with Gasteiger partial charge in [-0.1, -0.05) is 18.2 Å². The van der Waals surface area contributed by atoms with Gasteiger partial charge in [0.25, 0.3) is 0 Å². The third-order valence-electron chi connectivity index (χ3n) is 2.49. The number of aromatic nitrogens is 3. The molecule has 1 atom stereocenters. The maximum Gasteiger partial charge on any atom is 0.416 e. The third-order valence-corrected chi connectivity index (χ3v) is 2.49. The molecule has 3 N–H and O–H groups in total. The van der Waals surface area contributed by atoms with E-state index in [-0.39, 0.29) is 6.42 Å². The zero-order chi connectivity index (χ0) is 13.2. The molecule has 7 heteroatoms. The number of nitrogens with zero attached hydrogens (tertiary/aromatic N) is 2. The van der Waals surface area contributed by atoms with Crippen LogP contribution in [0.1, 0.15) is 23.0 Å². The number of nitrogens with two attached hydrogens (primary N) is 1. The van der Waals surface area contributed by atoms with E-state index in [1.54, 1.807) is 6.07 Å². The predicted octanol–water partition coefficient (Wildman–Crippen LogP) is 2.07. The van der Waals surface area contributed by atoms with E-state index in [0.717, 1.165) is 12.1 Å². The summed E-state index contributed by atoms with van der Waals surface area (Å²) in [5.41, 5.74) is 5.65. The largest absolute Gasteiger partial charge is 0.416 e. The van der Waals surface area contributed by atoms with Gasteiger partial charge in [0.1, 0.15) is 12.2 Å². The zero-order valence-electron chi connectivity index (χ0n) is 9.28. The molecular weight excluding hydrogens is 245 g/mol. The quantitative estimate of drug-likeness (QED) is 0.883. The first kappa shape index (κ1) is 12.6. The zero-order valence-corrected chi connectivity index (χ0v) is 9.28. The van der Waals surface area contributed by atoms with Gasteiger partial charge in [0, 0.05) is 0 Å². The number of benzene rings is 1. The summed E-state index contributed by atoms with van der Waals surface area (Å²) in [6.07, 6.45) is -2.77. The minimum Gasteiger partial charge on any atom is -0.321 e. The fourth-order valence-electron chi connectivity index (χ4n) is 1.62. The lowest BCUT2D eigenvalue weighted by Crippen LogP contribution is -2.15. The van der Waals surface area contributed by atoms with Crippen molar-refractivity contribution in [3.63, 3.8) is 0 Å². The highest BCUT2D eigenvalue weighted by Gasteiger charge is 2.30. The predicted molar refractivity (Wildman–Crippen MR) is 58.5 cm³/mol. The molecule has 18 heavy (non-hydrogen) atoms. The second kappa shape index (κ2) is 4.77. The highest BCUT2D eigenvalue weighted by molar-refractivity contribution is 5.26. The second-order valence-electron chi connectivity index (χ2n) is 3.88. The van der Waals surface area contributed by atoms with Crippen molar-refractivity contribution in [2.75, 3.05) is 0 Å². The Bertz CT molecular complexity index is 507. The van der Waals surface area contributed by atoms with Gasteiger partial charge in [0.05, 0.1) is 11.6 Å². The van der Waals surface area contributed by atoms with Crippen molar-refractivity contribution in [3.8, 4) is 0 Å². The number of nitrogens with one attached hydrogen (secondary N) is 1. The molecule has 0 bridgehead atoms. The van der Waals surface area contributed by atoms with E-state index >= 15 is 0 Å². The fraction of sp³-hybridized carbons (Fsp3) is 0.273. The molecule has 0 saturated carbocycles. The maximum atomic E-state index is 12.5. The summed E-state index contributed by atoms with van der Waals surface area (Å²) < 4.78 is 37.6. The van der Waals surface area contributed by atoms with Crippen LogP contribution in [0.15, 0.2) is 30.6 Å². The lowest BCUT2D eigenvalue weighted by atomic mass is 10.0. The summed E-state index contributed by atoms with van der Waals surface area (Å²) >= 11 is 0. The van der Waals surface area contributed by atoms with Crippen LogP contribution in [0.2, 0.25) is 0 Å². The summed E-state index contributed by atoms with van der Waals surface area (Å²) in [6, 6.07) is 4.59. The van der Waals surface area contributed by atoms with Crippen LogP contribution in [-0.4, -0.2) is 15.2 Å². The molecule has 0 spiro atoms. The van der Waals surface area contributed by atoms with Crippen molar-refractivity contribution in [2.24, 2.45) is 5.73 Å². The van der Waals surface area contributed by atoms with Gasteiger partial charge >= 0.3 is 6.18 Å². The van der Waals surface area contributed by atoms with Crippen molar-refractivity contribution < 1.29 is 13.2 Å². The van der Waals surface area contributed by atoms with Gasteiger partial charge in [-0.15, -0.1) is 0 Å². The van der Waals surface area contributed by atoms with Crippen molar-refractivity contribution >= 4 is 0 Å². The molecule has 1 aromatic heterocycles. The highest BCUT2D eigenvalue weighted by Crippen LogP contribution is 2.30. The molecule has 0 aliphatic carbocycles. The van der Waals surface area contributed by atoms with Crippen LogP contribution in [0.25, 0.3) is 0 Å². The lowest BCUT2D eigenvalue weighted by molar-refractivity contribution is -0.137. The van der Waals surface area contributed by atoms with Crippen molar-refractivity contribution in [1.82, 2.24) is 15.2 Å². The van der Waals surface area contributed by atoms with Gasteiger partial charge in [-0.05, 0) is 18.1 Å². The van der Waals surface area contributed by atoms with Gasteiger partial charge < -0.3 is 5.73 Å². The van der Waals surface area contributed by atoms with Crippen molar-refractivity contribution in [1.29, 1.82) is 0 Å². The number of hydrogen-bond donors (Lipinski definition) is 2. The number of rotatable bonds is 3. The monoisotopic (exact) mass is 256 g/mol. The maximum absolute atomic E-state index is 12.5. The minimum atomic E-state index is -4.34. The van der Waals surface area contributed by atoms with E-state index in [0.29, 0.717) is 11.4 Å². The number of hydrogen-bond acceptors (Lipinski definition) is 3. The smallest absolute Gasteiger partial charge is 0.321 e. The van der Waals surface area contributed by atoms with Crippen LogP contribution >= 0.6 is 0 Å². The van der Waals surface area contributed by atoms with Gasteiger partial charge in [-0.25, -0.2) is 4.98 Å². The number of aromatic amines is 1. The molecule has 0 radical (unpaired) electrons. The molecule has 0 amide bonds. The van der Waals surface area contributed by atoms with Crippen LogP contribution in [0.3, 0.4) is 0 Å². The molecule has 2 rings (SSSR count). The van der Waals surface area contributed by atoms with E-state index in [4.69, 9.17) is 5.73 Å². The Hall–Kier alpha value is -1.89. The Morgan fingerprint density at radius 1 is 1.33 bits per heavy atom. The van der Waals surface area contributed by atoms with Gasteiger partial charge in [-0.3, -0.25) is 5.10 Å². The van der Waals surface area contributed by atoms with Crippen LogP contribution in [-0.2, 0) is 12.6 Å². The van der Waals surface area contributed by atoms with Crippen LogP contribution in [0.5, 0.6) is 0 Å². The summed E-state index contributed by atoms with van der Waals surface area (Å²) in [7, 11) is 0. The number of alkyl halides is 3. The molecule has 0 saturated heterocycles. The van der Waals surface area contributed by atoms with Gasteiger partial charge in [-0.2, -0.15) is 18.3 Å². The Kier molecular flexibility index (Phi) is 3.33. The van der Waals surface area contributed by atoms with Gasteiger partial charge in [0.2, 0.25) is 0 Å². The summed E-state index contributed by atoms with van der Waals surface area (Å²) in [4.78, 5) is 3.87. The summed E-state index contributed by atoms with van der Waals surface area (Å²) in [6.45, 7) is 0. The standard InChI is InChI=1S/C11H11F3N4/c12-11(13,14)8-3-1-2-7(4-8)5-9(15)10-16-6-17-18-10/h1-4,6,9H,5,15H2,(H,16,17,18).